The summed E-state index contributed by atoms with van der Waals surface area (Å²) in [6.07, 6.45) is 7.86. The summed E-state index contributed by atoms with van der Waals surface area (Å²) in [6, 6.07) is 7.05. The molecule has 1 aromatic carbocycles. The molecule has 0 radical (unpaired) electrons. The minimum Gasteiger partial charge on any atom is -0.389 e. The van der Waals surface area contributed by atoms with Gasteiger partial charge in [0.25, 0.3) is 0 Å². The molecule has 0 unspecified atom stereocenters. The van der Waals surface area contributed by atoms with E-state index in [4.69, 9.17) is 0 Å². The molecule has 3 heteroatoms. The van der Waals surface area contributed by atoms with E-state index in [-0.39, 0.29) is 0 Å². The fourth-order valence-electron chi connectivity index (χ4n) is 3.94. The van der Waals surface area contributed by atoms with Gasteiger partial charge < -0.3 is 10.0 Å². The van der Waals surface area contributed by atoms with Crippen molar-refractivity contribution >= 4 is 21.6 Å². The van der Waals surface area contributed by atoms with Crippen LogP contribution in [0.3, 0.4) is 0 Å². The Morgan fingerprint density at radius 3 is 2.70 bits per heavy atom. The van der Waals surface area contributed by atoms with Crippen LogP contribution in [0.4, 0.5) is 5.69 Å². The summed E-state index contributed by atoms with van der Waals surface area (Å²) in [6.45, 7) is 2.99. The highest BCUT2D eigenvalue weighted by atomic mass is 79.9. The molecular formula is C17H24BrNO. The number of hydrogen-bond donors (Lipinski definition) is 1. The van der Waals surface area contributed by atoms with E-state index in [1.54, 1.807) is 0 Å². The molecule has 0 spiro atoms. The molecule has 3 atom stereocenters. The lowest BCUT2D eigenvalue weighted by Crippen LogP contribution is -2.47. The quantitative estimate of drug-likeness (QED) is 0.848. The van der Waals surface area contributed by atoms with Crippen molar-refractivity contribution in [1.29, 1.82) is 0 Å². The van der Waals surface area contributed by atoms with Crippen LogP contribution in [-0.4, -0.2) is 17.7 Å². The van der Waals surface area contributed by atoms with Gasteiger partial charge in [0.15, 0.2) is 0 Å². The molecule has 1 saturated heterocycles. The molecule has 1 heterocycles. The first-order valence-corrected chi connectivity index (χ1v) is 8.70. The molecule has 0 amide bonds. The molecular weight excluding hydrogens is 314 g/mol. The highest BCUT2D eigenvalue weighted by molar-refractivity contribution is 9.10. The second kappa shape index (κ2) is 6.07. The number of halogens is 1. The highest BCUT2D eigenvalue weighted by Crippen LogP contribution is 2.40. The van der Waals surface area contributed by atoms with Crippen LogP contribution in [0, 0.1) is 5.92 Å². The second-order valence-corrected chi connectivity index (χ2v) is 7.19. The standard InChI is InChI=1S/C17H24BrNO/c1-12(20)14-8-9-17(15(18)11-14)19-10-4-6-13-5-2-3-7-16(13)19/h8-9,11-13,16,20H,2-7,10H2,1H3/t12-,13-,16-/m1/s1. The van der Waals surface area contributed by atoms with Gasteiger partial charge in [-0.1, -0.05) is 18.9 Å². The lowest BCUT2D eigenvalue weighted by molar-refractivity contribution is 0.199. The fourth-order valence-corrected chi connectivity index (χ4v) is 4.56. The molecule has 2 nitrogen and oxygen atoms in total. The summed E-state index contributed by atoms with van der Waals surface area (Å²) in [7, 11) is 0. The fraction of sp³-hybridized carbons (Fsp3) is 0.647. The number of nitrogens with zero attached hydrogens (tertiary/aromatic N) is 1. The van der Waals surface area contributed by atoms with Gasteiger partial charge >= 0.3 is 0 Å². The van der Waals surface area contributed by atoms with Crippen molar-refractivity contribution < 1.29 is 5.11 Å². The van der Waals surface area contributed by atoms with Gasteiger partial charge in [0, 0.05) is 17.1 Å². The van der Waals surface area contributed by atoms with Crippen molar-refractivity contribution in [3.63, 3.8) is 0 Å². The van der Waals surface area contributed by atoms with Gasteiger partial charge in [-0.2, -0.15) is 0 Å². The molecule has 1 aromatic rings. The average molecular weight is 338 g/mol. The number of benzene rings is 1. The number of rotatable bonds is 2. The SMILES string of the molecule is C[C@@H](O)c1ccc(N2CCC[C@H]3CCCC[C@H]32)c(Br)c1. The van der Waals surface area contributed by atoms with E-state index in [0.29, 0.717) is 0 Å². The van der Waals surface area contributed by atoms with Crippen LogP contribution >= 0.6 is 15.9 Å². The monoisotopic (exact) mass is 337 g/mol. The Morgan fingerprint density at radius 1 is 1.20 bits per heavy atom. The van der Waals surface area contributed by atoms with Crippen molar-refractivity contribution in [1.82, 2.24) is 0 Å². The normalized spacial score (nSPS) is 28.1. The Bertz CT molecular complexity index is 472. The summed E-state index contributed by atoms with van der Waals surface area (Å²) in [5, 5.41) is 9.70. The zero-order chi connectivity index (χ0) is 14.1. The smallest absolute Gasteiger partial charge is 0.0762 e. The first kappa shape index (κ1) is 14.4. The zero-order valence-corrected chi connectivity index (χ0v) is 13.8. The van der Waals surface area contributed by atoms with Crippen molar-refractivity contribution in [3.8, 4) is 0 Å². The van der Waals surface area contributed by atoms with Crippen LogP contribution in [-0.2, 0) is 0 Å². The van der Waals surface area contributed by atoms with Gasteiger partial charge in [-0.3, -0.25) is 0 Å². The lowest BCUT2D eigenvalue weighted by Gasteiger charge is -2.45. The number of piperidine rings is 1. The Labute approximate surface area is 130 Å². The van der Waals surface area contributed by atoms with E-state index >= 15 is 0 Å². The second-order valence-electron chi connectivity index (χ2n) is 6.33. The summed E-state index contributed by atoms with van der Waals surface area (Å²) in [5.74, 6) is 0.890. The lowest BCUT2D eigenvalue weighted by atomic mass is 9.78. The maximum Gasteiger partial charge on any atom is 0.0762 e. The maximum absolute atomic E-state index is 9.70. The van der Waals surface area contributed by atoms with Crippen molar-refractivity contribution in [2.75, 3.05) is 11.4 Å². The van der Waals surface area contributed by atoms with Crippen molar-refractivity contribution in [2.24, 2.45) is 5.92 Å². The number of hydrogen-bond acceptors (Lipinski definition) is 2. The van der Waals surface area contributed by atoms with E-state index in [2.05, 4.69) is 39.0 Å². The molecule has 1 saturated carbocycles. The Balaban J connectivity index is 1.87. The Hall–Kier alpha value is -0.540. The van der Waals surface area contributed by atoms with Crippen molar-refractivity contribution in [3.05, 3.63) is 28.2 Å². The van der Waals surface area contributed by atoms with E-state index in [1.807, 2.05) is 6.92 Å². The average Bonchev–Trinajstić information content (AvgIpc) is 2.46. The van der Waals surface area contributed by atoms with Crippen LogP contribution in [0.15, 0.2) is 22.7 Å². The van der Waals surface area contributed by atoms with Crippen LogP contribution in [0.5, 0.6) is 0 Å². The number of aliphatic hydroxyl groups excluding tert-OH is 1. The molecule has 0 bridgehead atoms. The number of anilines is 1. The van der Waals surface area contributed by atoms with E-state index in [1.165, 1.54) is 50.8 Å². The van der Waals surface area contributed by atoms with Crippen LogP contribution in [0.25, 0.3) is 0 Å². The van der Waals surface area contributed by atoms with Gasteiger partial charge in [0.1, 0.15) is 0 Å². The first-order valence-electron chi connectivity index (χ1n) is 7.91. The highest BCUT2D eigenvalue weighted by Gasteiger charge is 2.33. The maximum atomic E-state index is 9.70. The van der Waals surface area contributed by atoms with Crippen LogP contribution < -0.4 is 4.90 Å². The molecule has 1 aliphatic carbocycles. The molecule has 3 rings (SSSR count). The number of aliphatic hydroxyl groups is 1. The van der Waals surface area contributed by atoms with Gasteiger partial charge in [0.2, 0.25) is 0 Å². The predicted molar refractivity (Wildman–Crippen MR) is 87.1 cm³/mol. The largest absolute Gasteiger partial charge is 0.389 e. The first-order chi connectivity index (χ1) is 9.66. The molecule has 2 fully saturated rings. The molecule has 1 aliphatic heterocycles. The molecule has 1 N–H and O–H groups in total. The van der Waals surface area contributed by atoms with Crippen LogP contribution in [0.1, 0.15) is 57.1 Å². The molecule has 0 aromatic heterocycles. The van der Waals surface area contributed by atoms with Gasteiger partial charge in [-0.15, -0.1) is 0 Å². The molecule has 20 heavy (non-hydrogen) atoms. The predicted octanol–water partition coefficient (Wildman–Crippen LogP) is 4.66. The topological polar surface area (TPSA) is 23.5 Å². The van der Waals surface area contributed by atoms with Gasteiger partial charge in [0.05, 0.1) is 11.8 Å². The minimum absolute atomic E-state index is 0.399. The van der Waals surface area contributed by atoms with E-state index in [9.17, 15) is 5.11 Å². The van der Waals surface area contributed by atoms with E-state index in [0.717, 1.165) is 22.0 Å². The molecule has 110 valence electrons. The van der Waals surface area contributed by atoms with Crippen molar-refractivity contribution in [2.45, 2.75) is 57.6 Å². The Morgan fingerprint density at radius 2 is 1.95 bits per heavy atom. The third-order valence-corrected chi connectivity index (χ3v) is 5.64. The van der Waals surface area contributed by atoms with Gasteiger partial charge in [-0.05, 0) is 72.2 Å². The molecule has 2 aliphatic rings. The third-order valence-electron chi connectivity index (χ3n) is 5.01. The minimum atomic E-state index is -0.399. The summed E-state index contributed by atoms with van der Waals surface area (Å²) in [4.78, 5) is 2.61. The zero-order valence-electron chi connectivity index (χ0n) is 12.2. The summed E-state index contributed by atoms with van der Waals surface area (Å²) >= 11 is 3.71. The number of fused-ring (bicyclic) bond motifs is 1. The Kier molecular flexibility index (Phi) is 4.37. The van der Waals surface area contributed by atoms with E-state index < -0.39 is 6.10 Å². The summed E-state index contributed by atoms with van der Waals surface area (Å²) < 4.78 is 1.13. The summed E-state index contributed by atoms with van der Waals surface area (Å²) in [5.41, 5.74) is 2.30. The van der Waals surface area contributed by atoms with Gasteiger partial charge in [-0.25, -0.2) is 0 Å². The third kappa shape index (κ3) is 2.75. The van der Waals surface area contributed by atoms with Crippen LogP contribution in [0.2, 0.25) is 0 Å².